The molecule has 24 heavy (non-hydrogen) atoms. The van der Waals surface area contributed by atoms with E-state index >= 15 is 0 Å². The van der Waals surface area contributed by atoms with Gasteiger partial charge in [0.05, 0.1) is 11.2 Å². The lowest BCUT2D eigenvalue weighted by Crippen LogP contribution is -2.04. The highest BCUT2D eigenvalue weighted by atomic mass is 16.3. The fraction of sp³-hybridized carbons (Fsp3) is 0.286. The molecule has 1 heterocycles. The van der Waals surface area contributed by atoms with Crippen molar-refractivity contribution in [2.24, 2.45) is 0 Å². The summed E-state index contributed by atoms with van der Waals surface area (Å²) < 4.78 is 0. The predicted molar refractivity (Wildman–Crippen MR) is 101 cm³/mol. The van der Waals surface area contributed by atoms with Crippen LogP contribution in [-0.4, -0.2) is 10.1 Å². The first-order valence-electron chi connectivity index (χ1n) is 8.46. The molecule has 0 unspecified atom stereocenters. The molecule has 2 N–H and O–H groups in total. The van der Waals surface area contributed by atoms with Gasteiger partial charge in [0.2, 0.25) is 5.88 Å². The Balaban J connectivity index is 2.17. The maximum atomic E-state index is 9.77. The van der Waals surface area contributed by atoms with Crippen molar-refractivity contribution in [3.63, 3.8) is 0 Å². The van der Waals surface area contributed by atoms with Crippen LogP contribution in [-0.2, 0) is 0 Å². The Kier molecular flexibility index (Phi) is 4.43. The van der Waals surface area contributed by atoms with Crippen molar-refractivity contribution >= 4 is 22.3 Å². The monoisotopic (exact) mass is 320 g/mol. The standard InChI is InChI=1S/C21H24N2O/c1-13(2)16-8-6-9-17(14(3)4)21(16)22-18-10-5-7-15-11-12-19(24)23-20(15)18/h5-14,22H,1-4H3,(H,23,24). The van der Waals surface area contributed by atoms with Gasteiger partial charge in [0.25, 0.3) is 0 Å². The molecule has 3 rings (SSSR count). The zero-order chi connectivity index (χ0) is 17.3. The van der Waals surface area contributed by atoms with Crippen LogP contribution in [0.25, 0.3) is 10.9 Å². The minimum atomic E-state index is 0.0398. The van der Waals surface area contributed by atoms with E-state index in [9.17, 15) is 5.11 Å². The second-order valence-electron chi connectivity index (χ2n) is 6.79. The summed E-state index contributed by atoms with van der Waals surface area (Å²) in [5.74, 6) is 0.878. The van der Waals surface area contributed by atoms with E-state index in [4.69, 9.17) is 0 Å². The van der Waals surface area contributed by atoms with Gasteiger partial charge in [-0.05, 0) is 35.1 Å². The number of aromatic hydroxyl groups is 1. The van der Waals surface area contributed by atoms with E-state index in [0.717, 1.165) is 22.3 Å². The normalized spacial score (nSPS) is 11.4. The van der Waals surface area contributed by atoms with Crippen LogP contribution in [0.1, 0.15) is 50.7 Å². The summed E-state index contributed by atoms with van der Waals surface area (Å²) in [6, 6.07) is 16.0. The van der Waals surface area contributed by atoms with Crippen LogP contribution in [0.15, 0.2) is 48.5 Å². The first-order chi connectivity index (χ1) is 11.5. The molecule has 3 aromatic rings. The topological polar surface area (TPSA) is 45.1 Å². The van der Waals surface area contributed by atoms with Gasteiger partial charge in [0, 0.05) is 17.1 Å². The molecular formula is C21H24N2O. The number of nitrogens with one attached hydrogen (secondary N) is 1. The van der Waals surface area contributed by atoms with E-state index in [-0.39, 0.29) is 5.88 Å². The summed E-state index contributed by atoms with van der Waals surface area (Å²) >= 11 is 0. The molecule has 0 radical (unpaired) electrons. The zero-order valence-corrected chi connectivity index (χ0v) is 14.7. The molecule has 3 nitrogen and oxygen atoms in total. The average molecular weight is 320 g/mol. The first kappa shape index (κ1) is 16.3. The SMILES string of the molecule is CC(C)c1cccc(C(C)C)c1Nc1cccc2ccc(O)nc12. The second kappa shape index (κ2) is 6.52. The molecule has 124 valence electrons. The van der Waals surface area contributed by atoms with Gasteiger partial charge >= 0.3 is 0 Å². The second-order valence-corrected chi connectivity index (χ2v) is 6.79. The Morgan fingerprint density at radius 2 is 1.46 bits per heavy atom. The van der Waals surface area contributed by atoms with Crippen molar-refractivity contribution in [1.82, 2.24) is 4.98 Å². The lowest BCUT2D eigenvalue weighted by molar-refractivity contribution is 0.456. The van der Waals surface area contributed by atoms with Gasteiger partial charge in [-0.25, -0.2) is 4.98 Å². The van der Waals surface area contributed by atoms with Crippen molar-refractivity contribution in [2.45, 2.75) is 39.5 Å². The third-order valence-electron chi connectivity index (χ3n) is 4.34. The summed E-state index contributed by atoms with van der Waals surface area (Å²) in [5, 5.41) is 14.4. The van der Waals surface area contributed by atoms with Crippen LogP contribution in [0.3, 0.4) is 0 Å². The summed E-state index contributed by atoms with van der Waals surface area (Å²) in [6.07, 6.45) is 0. The largest absolute Gasteiger partial charge is 0.493 e. The van der Waals surface area contributed by atoms with Crippen LogP contribution in [0, 0.1) is 0 Å². The predicted octanol–water partition coefficient (Wildman–Crippen LogP) is 5.93. The summed E-state index contributed by atoms with van der Waals surface area (Å²) in [6.45, 7) is 8.82. The average Bonchev–Trinajstić information content (AvgIpc) is 2.55. The Morgan fingerprint density at radius 3 is 2.08 bits per heavy atom. The third-order valence-corrected chi connectivity index (χ3v) is 4.34. The molecule has 0 amide bonds. The van der Waals surface area contributed by atoms with Crippen molar-refractivity contribution in [3.8, 4) is 5.88 Å². The Labute approximate surface area is 143 Å². The molecule has 3 heteroatoms. The number of anilines is 2. The van der Waals surface area contributed by atoms with Crippen LogP contribution >= 0.6 is 0 Å². The molecule has 0 fully saturated rings. The molecule has 1 aromatic heterocycles. The summed E-state index contributed by atoms with van der Waals surface area (Å²) in [5.41, 5.74) is 5.43. The van der Waals surface area contributed by atoms with Crippen LogP contribution in [0.2, 0.25) is 0 Å². The third kappa shape index (κ3) is 3.07. The van der Waals surface area contributed by atoms with Gasteiger partial charge in [-0.15, -0.1) is 0 Å². The number of pyridine rings is 1. The summed E-state index contributed by atoms with van der Waals surface area (Å²) in [4.78, 5) is 4.31. The summed E-state index contributed by atoms with van der Waals surface area (Å²) in [7, 11) is 0. The van der Waals surface area contributed by atoms with Crippen molar-refractivity contribution in [2.75, 3.05) is 5.32 Å². The zero-order valence-electron chi connectivity index (χ0n) is 14.7. The van der Waals surface area contributed by atoms with Gasteiger partial charge < -0.3 is 10.4 Å². The van der Waals surface area contributed by atoms with E-state index in [2.05, 4.69) is 56.2 Å². The van der Waals surface area contributed by atoms with Crippen LogP contribution in [0.4, 0.5) is 11.4 Å². The fourth-order valence-corrected chi connectivity index (χ4v) is 3.07. The van der Waals surface area contributed by atoms with Gasteiger partial charge in [0.15, 0.2) is 0 Å². The number of hydrogen-bond donors (Lipinski definition) is 2. The first-order valence-corrected chi connectivity index (χ1v) is 8.46. The number of nitrogens with zero attached hydrogens (tertiary/aromatic N) is 1. The number of rotatable bonds is 4. The highest BCUT2D eigenvalue weighted by Crippen LogP contribution is 2.36. The van der Waals surface area contributed by atoms with Crippen LogP contribution in [0.5, 0.6) is 5.88 Å². The minimum Gasteiger partial charge on any atom is -0.493 e. The highest BCUT2D eigenvalue weighted by Gasteiger charge is 2.15. The van der Waals surface area contributed by atoms with Gasteiger partial charge in [0.1, 0.15) is 0 Å². The molecule has 0 aliphatic heterocycles. The Morgan fingerprint density at radius 1 is 0.833 bits per heavy atom. The number of fused-ring (bicyclic) bond motifs is 1. The van der Waals surface area contributed by atoms with E-state index in [1.165, 1.54) is 11.1 Å². The molecule has 0 saturated heterocycles. The van der Waals surface area contributed by atoms with Gasteiger partial charge in [-0.2, -0.15) is 0 Å². The number of hydrogen-bond acceptors (Lipinski definition) is 3. The molecule has 0 bridgehead atoms. The lowest BCUT2D eigenvalue weighted by atomic mass is 9.92. The number of aromatic nitrogens is 1. The fourth-order valence-electron chi connectivity index (χ4n) is 3.07. The van der Waals surface area contributed by atoms with E-state index in [1.807, 2.05) is 24.3 Å². The Bertz CT molecular complexity index is 843. The van der Waals surface area contributed by atoms with E-state index in [0.29, 0.717) is 11.8 Å². The molecule has 2 aromatic carbocycles. The van der Waals surface area contributed by atoms with Gasteiger partial charge in [-0.3, -0.25) is 0 Å². The number of benzene rings is 2. The molecule has 0 aliphatic carbocycles. The van der Waals surface area contributed by atoms with Crippen LogP contribution < -0.4 is 5.32 Å². The smallest absolute Gasteiger partial charge is 0.211 e. The minimum absolute atomic E-state index is 0.0398. The highest BCUT2D eigenvalue weighted by molar-refractivity contribution is 5.93. The number of para-hydroxylation sites is 2. The van der Waals surface area contributed by atoms with Crippen molar-refractivity contribution in [1.29, 1.82) is 0 Å². The maximum Gasteiger partial charge on any atom is 0.211 e. The van der Waals surface area contributed by atoms with Crippen molar-refractivity contribution in [3.05, 3.63) is 59.7 Å². The molecule has 0 spiro atoms. The quantitative estimate of drug-likeness (QED) is 0.626. The maximum absolute atomic E-state index is 9.77. The van der Waals surface area contributed by atoms with Crippen molar-refractivity contribution < 1.29 is 5.11 Å². The lowest BCUT2D eigenvalue weighted by Gasteiger charge is -2.21. The molecular weight excluding hydrogens is 296 g/mol. The molecule has 0 atom stereocenters. The van der Waals surface area contributed by atoms with E-state index in [1.54, 1.807) is 6.07 Å². The van der Waals surface area contributed by atoms with Gasteiger partial charge in [-0.1, -0.05) is 58.0 Å². The molecule has 0 saturated carbocycles. The molecule has 0 aliphatic rings. The Hall–Kier alpha value is -2.55. The van der Waals surface area contributed by atoms with E-state index < -0.39 is 0 Å².